The lowest BCUT2D eigenvalue weighted by Gasteiger charge is -2.30. The minimum Gasteiger partial charge on any atom is -0.346 e. The van der Waals surface area contributed by atoms with Crippen molar-refractivity contribution >= 4 is 23.4 Å². The first-order valence-corrected chi connectivity index (χ1v) is 8.57. The van der Waals surface area contributed by atoms with E-state index in [0.29, 0.717) is 5.02 Å². The van der Waals surface area contributed by atoms with Crippen molar-refractivity contribution in [2.75, 3.05) is 13.6 Å². The van der Waals surface area contributed by atoms with Gasteiger partial charge in [-0.2, -0.15) is 0 Å². The average molecular weight is 354 g/mol. The molecule has 0 saturated heterocycles. The van der Waals surface area contributed by atoms with Crippen LogP contribution < -0.4 is 11.1 Å². The normalized spacial score (nSPS) is 14.8. The first-order valence-electron chi connectivity index (χ1n) is 8.19. The van der Waals surface area contributed by atoms with Gasteiger partial charge >= 0.3 is 0 Å². The maximum Gasteiger partial charge on any atom is 0.241 e. The number of nitrogens with zero attached hydrogens (tertiary/aromatic N) is 1. The number of carbonyl (C=O) groups excluding carboxylic acids is 2. The van der Waals surface area contributed by atoms with Gasteiger partial charge in [-0.05, 0) is 30.5 Å². The zero-order valence-corrected chi connectivity index (χ0v) is 15.8. The Morgan fingerprint density at radius 1 is 1.17 bits per heavy atom. The number of carbonyl (C=O) groups is 2. The Hall–Kier alpha value is -1.59. The summed E-state index contributed by atoms with van der Waals surface area (Å²) in [6.07, 6.45) is 0. The van der Waals surface area contributed by atoms with E-state index in [9.17, 15) is 9.59 Å². The fraction of sp³-hybridized carbons (Fsp3) is 0.556. The van der Waals surface area contributed by atoms with E-state index >= 15 is 0 Å². The van der Waals surface area contributed by atoms with Crippen LogP contribution in [0.5, 0.6) is 0 Å². The highest BCUT2D eigenvalue weighted by molar-refractivity contribution is 6.30. The van der Waals surface area contributed by atoms with Gasteiger partial charge in [-0.1, -0.05) is 44.5 Å². The zero-order chi connectivity index (χ0) is 18.4. The molecule has 3 N–H and O–H groups in total. The third kappa shape index (κ3) is 5.49. The monoisotopic (exact) mass is 353 g/mol. The second kappa shape index (κ2) is 9.04. The van der Waals surface area contributed by atoms with Gasteiger partial charge in [0.15, 0.2) is 0 Å². The number of rotatable bonds is 7. The number of nitrogens with two attached hydrogens (primary N) is 1. The van der Waals surface area contributed by atoms with Gasteiger partial charge in [0.1, 0.15) is 0 Å². The molecule has 0 aliphatic rings. The van der Waals surface area contributed by atoms with Crippen LogP contribution in [0.2, 0.25) is 5.02 Å². The largest absolute Gasteiger partial charge is 0.346 e. The van der Waals surface area contributed by atoms with Gasteiger partial charge in [0, 0.05) is 24.0 Å². The number of hydrogen-bond acceptors (Lipinski definition) is 3. The fourth-order valence-corrected chi connectivity index (χ4v) is 2.44. The summed E-state index contributed by atoms with van der Waals surface area (Å²) in [7, 11) is 1.74. The number of halogens is 1. The summed E-state index contributed by atoms with van der Waals surface area (Å²) in [5, 5.41) is 3.30. The fourth-order valence-electron chi connectivity index (χ4n) is 2.32. The summed E-state index contributed by atoms with van der Waals surface area (Å²) in [5.41, 5.74) is 6.88. The van der Waals surface area contributed by atoms with Gasteiger partial charge in [0.25, 0.3) is 0 Å². The molecule has 2 unspecified atom stereocenters. The number of likely N-dealkylation sites (N-methyl/N-ethyl adjacent to an activating group) is 1. The molecule has 0 radical (unpaired) electrons. The van der Waals surface area contributed by atoms with Crippen LogP contribution >= 0.6 is 11.6 Å². The summed E-state index contributed by atoms with van der Waals surface area (Å²) in [6, 6.07) is 6.99. The lowest BCUT2D eigenvalue weighted by Crippen LogP contribution is -2.49. The molecule has 0 aromatic heterocycles. The van der Waals surface area contributed by atoms with Gasteiger partial charge in [0.05, 0.1) is 12.6 Å². The number of hydrogen-bond donors (Lipinski definition) is 2. The van der Waals surface area contributed by atoms with Gasteiger partial charge in [0.2, 0.25) is 11.8 Å². The van der Waals surface area contributed by atoms with Crippen molar-refractivity contribution in [1.82, 2.24) is 10.2 Å². The second-order valence-corrected chi connectivity index (χ2v) is 7.01. The Bertz CT molecular complexity index is 560. The molecule has 0 bridgehead atoms. The third-order valence-corrected chi connectivity index (χ3v) is 4.81. The van der Waals surface area contributed by atoms with Crippen LogP contribution in [0.3, 0.4) is 0 Å². The standard InChI is InChI=1S/C18H28ClN3O2/c1-11(2)17(20)18(24)21-10-16(23)22(5)13(4)12(3)14-6-8-15(19)9-7-14/h6-9,11-13,17H,10,20H2,1-5H3,(H,21,24)/t12?,13?,17-/m0/s1. The predicted molar refractivity (Wildman–Crippen MR) is 97.9 cm³/mol. The summed E-state index contributed by atoms with van der Waals surface area (Å²) in [6.45, 7) is 7.74. The average Bonchev–Trinajstić information content (AvgIpc) is 2.57. The van der Waals surface area contributed by atoms with Crippen LogP contribution in [0.4, 0.5) is 0 Å². The molecular formula is C18H28ClN3O2. The SMILES string of the molecule is CC(c1ccc(Cl)cc1)C(C)N(C)C(=O)CNC(=O)[C@@H](N)C(C)C. The lowest BCUT2D eigenvalue weighted by atomic mass is 9.93. The molecule has 0 aliphatic carbocycles. The molecule has 0 heterocycles. The molecule has 1 aromatic rings. The van der Waals surface area contributed by atoms with E-state index in [2.05, 4.69) is 12.2 Å². The predicted octanol–water partition coefficient (Wildman–Crippen LogP) is 2.39. The minimum absolute atomic E-state index is 0.0191. The smallest absolute Gasteiger partial charge is 0.241 e. The quantitative estimate of drug-likeness (QED) is 0.790. The second-order valence-electron chi connectivity index (χ2n) is 6.57. The van der Waals surface area contributed by atoms with Crippen molar-refractivity contribution in [2.45, 2.75) is 45.7 Å². The lowest BCUT2D eigenvalue weighted by molar-refractivity contribution is -0.134. The maximum atomic E-state index is 12.3. The van der Waals surface area contributed by atoms with E-state index in [1.54, 1.807) is 11.9 Å². The molecule has 0 fully saturated rings. The molecule has 134 valence electrons. The number of benzene rings is 1. The van der Waals surface area contributed by atoms with E-state index in [-0.39, 0.29) is 36.2 Å². The Balaban J connectivity index is 2.61. The van der Waals surface area contributed by atoms with Crippen molar-refractivity contribution in [1.29, 1.82) is 0 Å². The van der Waals surface area contributed by atoms with E-state index in [4.69, 9.17) is 17.3 Å². The van der Waals surface area contributed by atoms with Crippen LogP contribution in [0.1, 0.15) is 39.2 Å². The van der Waals surface area contributed by atoms with E-state index in [0.717, 1.165) is 5.56 Å². The van der Waals surface area contributed by atoms with Crippen LogP contribution in [-0.4, -0.2) is 42.4 Å². The Kier molecular flexibility index (Phi) is 7.70. The van der Waals surface area contributed by atoms with Crippen LogP contribution in [0.25, 0.3) is 0 Å². The third-order valence-electron chi connectivity index (χ3n) is 4.56. The highest BCUT2D eigenvalue weighted by Crippen LogP contribution is 2.23. The summed E-state index contributed by atoms with van der Waals surface area (Å²) in [5.74, 6) is -0.274. The number of nitrogens with one attached hydrogen (secondary N) is 1. The zero-order valence-electron chi connectivity index (χ0n) is 15.0. The summed E-state index contributed by atoms with van der Waals surface area (Å²) >= 11 is 5.91. The van der Waals surface area contributed by atoms with Gasteiger partial charge < -0.3 is 16.0 Å². The first-order chi connectivity index (χ1) is 11.1. The molecule has 3 atom stereocenters. The number of amides is 2. The van der Waals surface area contributed by atoms with Gasteiger partial charge in [-0.25, -0.2) is 0 Å². The Morgan fingerprint density at radius 3 is 2.21 bits per heavy atom. The van der Waals surface area contributed by atoms with Gasteiger partial charge in [-0.15, -0.1) is 0 Å². The van der Waals surface area contributed by atoms with Crippen molar-refractivity contribution < 1.29 is 9.59 Å². The molecule has 0 saturated carbocycles. The van der Waals surface area contributed by atoms with Crippen molar-refractivity contribution in [3.05, 3.63) is 34.9 Å². The maximum absolute atomic E-state index is 12.3. The van der Waals surface area contributed by atoms with Crippen LogP contribution in [0, 0.1) is 5.92 Å². The summed E-state index contributed by atoms with van der Waals surface area (Å²) in [4.78, 5) is 25.8. The van der Waals surface area contributed by atoms with E-state index in [1.807, 2.05) is 45.0 Å². The molecule has 24 heavy (non-hydrogen) atoms. The minimum atomic E-state index is -0.603. The molecule has 2 amide bonds. The van der Waals surface area contributed by atoms with E-state index in [1.165, 1.54) is 0 Å². The first kappa shape index (κ1) is 20.5. The van der Waals surface area contributed by atoms with Crippen LogP contribution in [0.15, 0.2) is 24.3 Å². The molecular weight excluding hydrogens is 326 g/mol. The topological polar surface area (TPSA) is 75.4 Å². The van der Waals surface area contributed by atoms with Crippen molar-refractivity contribution in [3.8, 4) is 0 Å². The summed E-state index contributed by atoms with van der Waals surface area (Å²) < 4.78 is 0. The molecule has 1 aromatic carbocycles. The van der Waals surface area contributed by atoms with Crippen molar-refractivity contribution in [3.63, 3.8) is 0 Å². The van der Waals surface area contributed by atoms with E-state index < -0.39 is 6.04 Å². The molecule has 0 aliphatic heterocycles. The van der Waals surface area contributed by atoms with Crippen LogP contribution in [-0.2, 0) is 9.59 Å². The molecule has 5 nitrogen and oxygen atoms in total. The van der Waals surface area contributed by atoms with Gasteiger partial charge in [-0.3, -0.25) is 9.59 Å². The molecule has 0 spiro atoms. The molecule has 6 heteroatoms. The Labute approximate surface area is 149 Å². The highest BCUT2D eigenvalue weighted by Gasteiger charge is 2.24. The van der Waals surface area contributed by atoms with Crippen molar-refractivity contribution in [2.24, 2.45) is 11.7 Å². The molecule has 1 rings (SSSR count). The highest BCUT2D eigenvalue weighted by atomic mass is 35.5. The Morgan fingerprint density at radius 2 is 1.71 bits per heavy atom.